The molecule has 2 aromatic heterocycles. The first-order chi connectivity index (χ1) is 7.09. The predicted molar refractivity (Wildman–Crippen MR) is 53.5 cm³/mol. The number of pyridine rings is 1. The molecule has 0 aliphatic heterocycles. The number of rotatable bonds is 1. The maximum absolute atomic E-state index is 7.68. The summed E-state index contributed by atoms with van der Waals surface area (Å²) in [5, 5.41) is 0. The van der Waals surface area contributed by atoms with Crippen LogP contribution in [0.25, 0.3) is 5.82 Å². The number of aromatic nitrogens is 3. The summed E-state index contributed by atoms with van der Waals surface area (Å²) in [5.41, 5.74) is 5.52. The maximum atomic E-state index is 7.68. The summed E-state index contributed by atoms with van der Waals surface area (Å²) in [4.78, 5) is 7.81. The lowest BCUT2D eigenvalue weighted by molar-refractivity contribution is 0.997. The van der Waals surface area contributed by atoms with Gasteiger partial charge in [0.25, 0.3) is 0 Å². The van der Waals surface area contributed by atoms with Gasteiger partial charge in [-0.2, -0.15) is 0 Å². The van der Waals surface area contributed by atoms with Gasteiger partial charge in [-0.05, 0) is 28.1 Å². The van der Waals surface area contributed by atoms with Gasteiger partial charge in [-0.25, -0.2) is 9.97 Å². The molecule has 0 amide bonds. The Bertz CT molecular complexity index is 511. The van der Waals surface area contributed by atoms with E-state index in [1.165, 1.54) is 4.57 Å². The molecule has 66 valence electrons. The second-order valence-electron chi connectivity index (χ2n) is 2.37. The molecule has 0 fully saturated rings. The van der Waals surface area contributed by atoms with Crippen LogP contribution in [0.4, 0.5) is 5.82 Å². The molecule has 0 saturated carbocycles. The minimum atomic E-state index is -0.0509. The molecule has 0 atom stereocenters. The normalized spacial score (nSPS) is 12.4. The van der Waals surface area contributed by atoms with Gasteiger partial charge in [0, 0.05) is 6.17 Å². The summed E-state index contributed by atoms with van der Waals surface area (Å²) in [6.45, 7) is 0. The van der Waals surface area contributed by atoms with Gasteiger partial charge in [0.05, 0.1) is 1.37 Å². The highest BCUT2D eigenvalue weighted by Crippen LogP contribution is 2.10. The average molecular weight is 241 g/mol. The third-order valence-electron chi connectivity index (χ3n) is 1.44. The van der Waals surface area contributed by atoms with Gasteiger partial charge in [-0.15, -0.1) is 0 Å². The SMILES string of the molecule is [2H]c1nc(Br)c([2H])n1-c1cccc(N)n1. The number of nitrogens with two attached hydrogens (primary N) is 1. The fraction of sp³-hybridized carbons (Fsp3) is 0. The molecule has 4 nitrogen and oxygen atoms in total. The van der Waals surface area contributed by atoms with Crippen molar-refractivity contribution in [2.45, 2.75) is 0 Å². The summed E-state index contributed by atoms with van der Waals surface area (Å²) in [6.07, 6.45) is 0.0306. The molecule has 0 saturated heterocycles. The van der Waals surface area contributed by atoms with Crippen molar-refractivity contribution in [3.05, 3.63) is 35.3 Å². The molecular formula is C8H7BrN4. The lowest BCUT2D eigenvalue weighted by Gasteiger charge is -2.00. The minimum Gasteiger partial charge on any atom is -0.384 e. The Morgan fingerprint density at radius 1 is 1.54 bits per heavy atom. The average Bonchev–Trinajstić information content (AvgIpc) is 2.41. The van der Waals surface area contributed by atoms with Gasteiger partial charge in [-0.1, -0.05) is 6.07 Å². The van der Waals surface area contributed by atoms with Crippen molar-refractivity contribution < 1.29 is 2.74 Å². The van der Waals surface area contributed by atoms with Crippen LogP contribution in [0.2, 0.25) is 0 Å². The number of imidazole rings is 1. The third-order valence-corrected chi connectivity index (χ3v) is 1.79. The van der Waals surface area contributed by atoms with Crippen LogP contribution in [0.5, 0.6) is 0 Å². The zero-order valence-corrected chi connectivity index (χ0v) is 8.12. The van der Waals surface area contributed by atoms with E-state index in [0.717, 1.165) is 0 Å². The second-order valence-corrected chi connectivity index (χ2v) is 3.12. The van der Waals surface area contributed by atoms with Crippen LogP contribution in [0.3, 0.4) is 0 Å². The fourth-order valence-electron chi connectivity index (χ4n) is 0.909. The van der Waals surface area contributed by atoms with Crippen molar-refractivity contribution in [3.8, 4) is 5.82 Å². The lowest BCUT2D eigenvalue weighted by atomic mass is 10.4. The van der Waals surface area contributed by atoms with E-state index in [1.54, 1.807) is 18.2 Å². The van der Waals surface area contributed by atoms with Crippen LogP contribution >= 0.6 is 15.9 Å². The number of hydrogen-bond acceptors (Lipinski definition) is 3. The fourth-order valence-corrected chi connectivity index (χ4v) is 1.17. The Balaban J connectivity index is 2.63. The highest BCUT2D eigenvalue weighted by Gasteiger charge is 1.98. The van der Waals surface area contributed by atoms with E-state index in [1.807, 2.05) is 0 Å². The number of halogens is 1. The first-order valence-electron chi connectivity index (χ1n) is 4.54. The molecular weight excluding hydrogens is 232 g/mol. The maximum Gasteiger partial charge on any atom is 0.140 e. The first-order valence-corrected chi connectivity index (χ1v) is 4.33. The highest BCUT2D eigenvalue weighted by atomic mass is 79.9. The third kappa shape index (κ3) is 1.70. The number of anilines is 1. The lowest BCUT2D eigenvalue weighted by Crippen LogP contribution is -1.97. The molecule has 0 spiro atoms. The van der Waals surface area contributed by atoms with Gasteiger partial charge in [0.1, 0.15) is 23.9 Å². The van der Waals surface area contributed by atoms with E-state index in [2.05, 4.69) is 25.9 Å². The van der Waals surface area contributed by atoms with Crippen molar-refractivity contribution in [2.24, 2.45) is 0 Å². The molecule has 2 aromatic rings. The van der Waals surface area contributed by atoms with Crippen molar-refractivity contribution in [2.75, 3.05) is 5.73 Å². The Kier molecular flexibility index (Phi) is 1.50. The van der Waals surface area contributed by atoms with Crippen LogP contribution in [0, 0.1) is 0 Å². The summed E-state index contributed by atoms with van der Waals surface area (Å²) < 4.78 is 16.8. The van der Waals surface area contributed by atoms with E-state index in [0.29, 0.717) is 16.2 Å². The number of nitrogens with zero attached hydrogens (tertiary/aromatic N) is 3. The Morgan fingerprint density at radius 2 is 2.38 bits per heavy atom. The molecule has 0 aromatic carbocycles. The largest absolute Gasteiger partial charge is 0.384 e. The van der Waals surface area contributed by atoms with Gasteiger partial charge in [-0.3, -0.25) is 4.57 Å². The van der Waals surface area contributed by atoms with Gasteiger partial charge < -0.3 is 5.73 Å². The van der Waals surface area contributed by atoms with E-state index in [9.17, 15) is 0 Å². The topological polar surface area (TPSA) is 56.7 Å². The summed E-state index contributed by atoms with van der Waals surface area (Å²) in [5.74, 6) is 0.763. The zero-order chi connectivity index (χ0) is 11.0. The standard InChI is InChI=1S/C8H7BrN4/c9-6-4-13(5-11-6)8-3-1-2-7(10)12-8/h1-5H,(H2,10,12)/i4D,5D. The van der Waals surface area contributed by atoms with Crippen molar-refractivity contribution in [1.29, 1.82) is 0 Å². The highest BCUT2D eigenvalue weighted by molar-refractivity contribution is 9.10. The molecule has 2 heterocycles. The van der Waals surface area contributed by atoms with Crippen molar-refractivity contribution in [3.63, 3.8) is 0 Å². The second kappa shape index (κ2) is 3.18. The van der Waals surface area contributed by atoms with Crippen LogP contribution < -0.4 is 5.73 Å². The van der Waals surface area contributed by atoms with Crippen molar-refractivity contribution >= 4 is 21.7 Å². The number of hydrogen-bond donors (Lipinski definition) is 1. The smallest absolute Gasteiger partial charge is 0.140 e. The molecule has 2 N–H and O–H groups in total. The molecule has 0 aliphatic carbocycles. The molecule has 0 unspecified atom stereocenters. The summed E-state index contributed by atoms with van der Waals surface area (Å²) >= 11 is 3.08. The van der Waals surface area contributed by atoms with E-state index in [-0.39, 0.29) is 12.5 Å². The number of nitrogen functional groups attached to an aromatic ring is 1. The minimum absolute atomic E-state index is 0.0509. The van der Waals surface area contributed by atoms with Crippen molar-refractivity contribution in [1.82, 2.24) is 14.5 Å². The molecule has 2 rings (SSSR count). The molecule has 0 bridgehead atoms. The quantitative estimate of drug-likeness (QED) is 0.825. The van der Waals surface area contributed by atoms with Crippen LogP contribution in [0.1, 0.15) is 2.74 Å². The monoisotopic (exact) mass is 240 g/mol. The first kappa shape index (κ1) is 6.15. The molecule has 0 aliphatic rings. The Labute approximate surface area is 86.4 Å². The summed E-state index contributed by atoms with van der Waals surface area (Å²) in [6, 6.07) is 5.02. The molecule has 5 heteroatoms. The van der Waals surface area contributed by atoms with E-state index < -0.39 is 0 Å². The van der Waals surface area contributed by atoms with Crippen LogP contribution in [-0.4, -0.2) is 14.5 Å². The van der Waals surface area contributed by atoms with E-state index in [4.69, 9.17) is 8.48 Å². The molecule has 0 radical (unpaired) electrons. The van der Waals surface area contributed by atoms with Gasteiger partial charge >= 0.3 is 0 Å². The zero-order valence-electron chi connectivity index (χ0n) is 8.53. The predicted octanol–water partition coefficient (Wildman–Crippen LogP) is 1.61. The molecule has 13 heavy (non-hydrogen) atoms. The van der Waals surface area contributed by atoms with E-state index >= 15 is 0 Å². The van der Waals surface area contributed by atoms with Crippen LogP contribution in [0.15, 0.2) is 35.3 Å². The van der Waals surface area contributed by atoms with Gasteiger partial charge in [0.2, 0.25) is 0 Å². The summed E-state index contributed by atoms with van der Waals surface area (Å²) in [7, 11) is 0. The van der Waals surface area contributed by atoms with Gasteiger partial charge in [0.15, 0.2) is 0 Å². The Morgan fingerprint density at radius 3 is 3.00 bits per heavy atom. The van der Waals surface area contributed by atoms with Crippen LogP contribution in [-0.2, 0) is 0 Å². The Hall–Kier alpha value is -1.36.